The summed E-state index contributed by atoms with van der Waals surface area (Å²) in [4.78, 5) is 30.5. The van der Waals surface area contributed by atoms with E-state index in [0.717, 1.165) is 10.7 Å². The number of carboxylic acid groups (broad SMARTS) is 1. The molecule has 1 aliphatic heterocycles. The number of nitrogens with zero attached hydrogens (tertiary/aromatic N) is 2. The van der Waals surface area contributed by atoms with Gasteiger partial charge < -0.3 is 10.0 Å². The van der Waals surface area contributed by atoms with Crippen molar-refractivity contribution in [2.75, 3.05) is 13.1 Å². The van der Waals surface area contributed by atoms with Crippen molar-refractivity contribution >= 4 is 23.2 Å². The topological polar surface area (TPSA) is 70.5 Å². The van der Waals surface area contributed by atoms with Crippen LogP contribution in [0.4, 0.5) is 0 Å². The number of aryl methyl sites for hydroxylation is 1. The molecule has 1 aromatic rings. The maximum Gasteiger partial charge on any atom is 0.306 e. The van der Waals surface area contributed by atoms with Gasteiger partial charge in [-0.3, -0.25) is 9.59 Å². The Hall–Kier alpha value is -1.43. The van der Waals surface area contributed by atoms with E-state index in [9.17, 15) is 9.59 Å². The van der Waals surface area contributed by atoms with E-state index in [4.69, 9.17) is 5.11 Å². The van der Waals surface area contributed by atoms with Crippen LogP contribution < -0.4 is 0 Å². The third-order valence-corrected chi connectivity index (χ3v) is 5.34. The summed E-state index contributed by atoms with van der Waals surface area (Å²) in [6.07, 6.45) is 1.07. The maximum atomic E-state index is 12.6. The molecule has 116 valence electrons. The van der Waals surface area contributed by atoms with Gasteiger partial charge in [0.15, 0.2) is 0 Å². The molecule has 1 amide bonds. The lowest BCUT2D eigenvalue weighted by atomic mass is 9.97. The van der Waals surface area contributed by atoms with E-state index in [-0.39, 0.29) is 17.2 Å². The standard InChI is InChI=1S/C15H22N2O3S/c1-9-11(21-14(16-9)15(2,3)4)12(18)17-7-5-10(6-8-17)13(19)20/h10H,5-8H2,1-4H3,(H,19,20). The molecule has 6 heteroatoms. The summed E-state index contributed by atoms with van der Waals surface area (Å²) >= 11 is 1.46. The van der Waals surface area contributed by atoms with Gasteiger partial charge in [-0.25, -0.2) is 4.98 Å². The molecule has 0 aromatic carbocycles. The molecule has 21 heavy (non-hydrogen) atoms. The first-order chi connectivity index (χ1) is 9.70. The Balaban J connectivity index is 2.11. The average Bonchev–Trinajstić information content (AvgIpc) is 2.80. The Morgan fingerprint density at radius 1 is 1.29 bits per heavy atom. The normalized spacial score (nSPS) is 17.0. The zero-order valence-corrected chi connectivity index (χ0v) is 13.8. The fourth-order valence-electron chi connectivity index (χ4n) is 2.39. The number of hydrogen-bond donors (Lipinski definition) is 1. The second-order valence-corrected chi connectivity index (χ2v) is 7.59. The molecule has 2 rings (SSSR count). The van der Waals surface area contributed by atoms with E-state index < -0.39 is 5.97 Å². The number of carbonyl (C=O) groups is 2. The summed E-state index contributed by atoms with van der Waals surface area (Å²) in [7, 11) is 0. The molecule has 1 aromatic heterocycles. The van der Waals surface area contributed by atoms with E-state index >= 15 is 0 Å². The molecule has 1 N–H and O–H groups in total. The van der Waals surface area contributed by atoms with Gasteiger partial charge in [-0.2, -0.15) is 0 Å². The molecule has 2 heterocycles. The van der Waals surface area contributed by atoms with Crippen molar-refractivity contribution in [1.29, 1.82) is 0 Å². The van der Waals surface area contributed by atoms with E-state index in [1.807, 2.05) is 6.92 Å². The van der Waals surface area contributed by atoms with E-state index in [2.05, 4.69) is 25.8 Å². The van der Waals surface area contributed by atoms with Gasteiger partial charge in [0.2, 0.25) is 0 Å². The summed E-state index contributed by atoms with van der Waals surface area (Å²) in [5.41, 5.74) is 0.708. The highest BCUT2D eigenvalue weighted by Gasteiger charge is 2.30. The molecule has 0 spiro atoms. The summed E-state index contributed by atoms with van der Waals surface area (Å²) < 4.78 is 0. The van der Waals surface area contributed by atoms with Gasteiger partial charge in [0.05, 0.1) is 16.6 Å². The molecular formula is C15H22N2O3S. The van der Waals surface area contributed by atoms with Crippen LogP contribution in [0, 0.1) is 12.8 Å². The summed E-state index contributed by atoms with van der Waals surface area (Å²) in [6.45, 7) is 9.13. The zero-order valence-electron chi connectivity index (χ0n) is 13.0. The lowest BCUT2D eigenvalue weighted by Crippen LogP contribution is -2.40. The first-order valence-corrected chi connectivity index (χ1v) is 8.02. The highest BCUT2D eigenvalue weighted by molar-refractivity contribution is 7.14. The molecule has 0 radical (unpaired) electrons. The van der Waals surface area contributed by atoms with E-state index in [0.29, 0.717) is 30.8 Å². The Morgan fingerprint density at radius 2 is 1.86 bits per heavy atom. The number of hydrogen-bond acceptors (Lipinski definition) is 4. The Kier molecular flexibility index (Phi) is 4.37. The lowest BCUT2D eigenvalue weighted by molar-refractivity contribution is -0.143. The minimum Gasteiger partial charge on any atom is -0.481 e. The van der Waals surface area contributed by atoms with Crippen LogP contribution in [0.25, 0.3) is 0 Å². The monoisotopic (exact) mass is 310 g/mol. The van der Waals surface area contributed by atoms with E-state index in [1.165, 1.54) is 11.3 Å². The summed E-state index contributed by atoms with van der Waals surface area (Å²) in [6, 6.07) is 0. The molecule has 0 saturated carbocycles. The van der Waals surface area contributed by atoms with Gasteiger partial charge in [0.1, 0.15) is 4.88 Å². The fourth-order valence-corrected chi connectivity index (χ4v) is 3.48. The van der Waals surface area contributed by atoms with Crippen LogP contribution in [0.15, 0.2) is 0 Å². The first kappa shape index (κ1) is 15.9. The third kappa shape index (κ3) is 3.43. The van der Waals surface area contributed by atoms with Gasteiger partial charge in [-0.15, -0.1) is 11.3 Å². The SMILES string of the molecule is Cc1nc(C(C)(C)C)sc1C(=O)N1CCC(C(=O)O)CC1. The minimum absolute atomic E-state index is 0.00987. The van der Waals surface area contributed by atoms with Crippen LogP contribution in [0.5, 0.6) is 0 Å². The molecule has 1 fully saturated rings. The van der Waals surface area contributed by atoms with Gasteiger partial charge in [0, 0.05) is 18.5 Å². The molecule has 0 unspecified atom stereocenters. The van der Waals surface area contributed by atoms with Crippen molar-refractivity contribution in [1.82, 2.24) is 9.88 Å². The quantitative estimate of drug-likeness (QED) is 0.911. The smallest absolute Gasteiger partial charge is 0.306 e. The van der Waals surface area contributed by atoms with Crippen molar-refractivity contribution in [2.45, 2.75) is 46.0 Å². The number of carboxylic acids is 1. The second-order valence-electron chi connectivity index (χ2n) is 6.59. The average molecular weight is 310 g/mol. The Labute approximate surface area is 129 Å². The predicted octanol–water partition coefficient (Wildman–Crippen LogP) is 2.69. The van der Waals surface area contributed by atoms with Crippen LogP contribution in [-0.4, -0.2) is 40.0 Å². The number of likely N-dealkylation sites (tertiary alicyclic amines) is 1. The van der Waals surface area contributed by atoms with Gasteiger partial charge in [-0.1, -0.05) is 20.8 Å². The molecule has 0 bridgehead atoms. The van der Waals surface area contributed by atoms with Crippen molar-refractivity contribution < 1.29 is 14.7 Å². The highest BCUT2D eigenvalue weighted by atomic mass is 32.1. The number of amides is 1. The van der Waals surface area contributed by atoms with Crippen LogP contribution >= 0.6 is 11.3 Å². The van der Waals surface area contributed by atoms with Crippen molar-refractivity contribution in [3.8, 4) is 0 Å². The van der Waals surface area contributed by atoms with Gasteiger partial charge >= 0.3 is 5.97 Å². The fraction of sp³-hybridized carbons (Fsp3) is 0.667. The van der Waals surface area contributed by atoms with Crippen LogP contribution in [0.2, 0.25) is 0 Å². The maximum absolute atomic E-state index is 12.6. The molecule has 0 atom stereocenters. The van der Waals surface area contributed by atoms with Crippen LogP contribution in [0.3, 0.4) is 0 Å². The number of aliphatic carboxylic acids is 1. The molecule has 1 aliphatic rings. The third-order valence-electron chi connectivity index (χ3n) is 3.76. The van der Waals surface area contributed by atoms with Gasteiger partial charge in [-0.05, 0) is 19.8 Å². The second kappa shape index (κ2) is 5.75. The molecule has 0 aliphatic carbocycles. The number of rotatable bonds is 2. The van der Waals surface area contributed by atoms with Crippen molar-refractivity contribution in [3.05, 3.63) is 15.6 Å². The summed E-state index contributed by atoms with van der Waals surface area (Å²) in [5.74, 6) is -1.09. The number of aromatic nitrogens is 1. The first-order valence-electron chi connectivity index (χ1n) is 7.20. The largest absolute Gasteiger partial charge is 0.481 e. The molecule has 5 nitrogen and oxygen atoms in total. The number of thiazole rings is 1. The highest BCUT2D eigenvalue weighted by Crippen LogP contribution is 2.30. The van der Waals surface area contributed by atoms with Gasteiger partial charge in [0.25, 0.3) is 5.91 Å². The van der Waals surface area contributed by atoms with Crippen molar-refractivity contribution in [3.63, 3.8) is 0 Å². The molecule has 1 saturated heterocycles. The number of piperidine rings is 1. The zero-order chi connectivity index (χ0) is 15.8. The Bertz CT molecular complexity index is 552. The van der Waals surface area contributed by atoms with E-state index in [1.54, 1.807) is 4.90 Å². The minimum atomic E-state index is -0.758. The number of carbonyl (C=O) groups excluding carboxylic acids is 1. The van der Waals surface area contributed by atoms with Crippen LogP contribution in [0.1, 0.15) is 54.0 Å². The lowest BCUT2D eigenvalue weighted by Gasteiger charge is -2.29. The molecular weight excluding hydrogens is 288 g/mol. The Morgan fingerprint density at radius 3 is 2.29 bits per heavy atom. The van der Waals surface area contributed by atoms with Crippen molar-refractivity contribution in [2.24, 2.45) is 5.92 Å². The van der Waals surface area contributed by atoms with Crippen LogP contribution in [-0.2, 0) is 10.2 Å². The predicted molar refractivity (Wildman–Crippen MR) is 81.8 cm³/mol. The summed E-state index contributed by atoms with van der Waals surface area (Å²) in [5, 5.41) is 9.97.